The molecular weight excluding hydrogens is 330 g/mol. The Kier molecular flexibility index (Phi) is 5.66. The highest BCUT2D eigenvalue weighted by Gasteiger charge is 2.41. The van der Waals surface area contributed by atoms with Crippen molar-refractivity contribution in [2.24, 2.45) is 11.8 Å². The van der Waals surface area contributed by atoms with E-state index in [1.54, 1.807) is 0 Å². The topological polar surface area (TPSA) is 66.8 Å². The molecule has 1 unspecified atom stereocenters. The molecule has 2 aliphatic rings. The first-order valence-electron chi connectivity index (χ1n) is 9.56. The lowest BCUT2D eigenvalue weighted by Gasteiger charge is -2.37. The summed E-state index contributed by atoms with van der Waals surface area (Å²) in [5.41, 5.74) is 0.977. The van der Waals surface area contributed by atoms with Crippen molar-refractivity contribution in [3.05, 3.63) is 35.9 Å². The molecule has 0 bridgehead atoms. The normalized spacial score (nSPS) is 24.6. The van der Waals surface area contributed by atoms with Crippen LogP contribution in [0.4, 0.5) is 0 Å². The number of carbonyl (C=O) groups excluding carboxylic acids is 1. The van der Waals surface area contributed by atoms with E-state index in [0.29, 0.717) is 32.5 Å². The largest absolute Gasteiger partial charge is 0.481 e. The van der Waals surface area contributed by atoms with Crippen LogP contribution in [0.15, 0.2) is 30.3 Å². The van der Waals surface area contributed by atoms with E-state index in [4.69, 9.17) is 4.74 Å². The van der Waals surface area contributed by atoms with Crippen molar-refractivity contribution in [1.82, 2.24) is 4.90 Å². The minimum Gasteiger partial charge on any atom is -0.481 e. The van der Waals surface area contributed by atoms with Gasteiger partial charge in [0.05, 0.1) is 12.0 Å². The summed E-state index contributed by atoms with van der Waals surface area (Å²) >= 11 is 0. The van der Waals surface area contributed by atoms with Gasteiger partial charge in [0.1, 0.15) is 0 Å². The molecule has 0 spiro atoms. The fourth-order valence-electron chi connectivity index (χ4n) is 4.30. The average Bonchev–Trinajstić information content (AvgIpc) is 3.12. The quantitative estimate of drug-likeness (QED) is 0.877. The molecule has 1 N–H and O–H groups in total. The van der Waals surface area contributed by atoms with Gasteiger partial charge >= 0.3 is 5.97 Å². The highest BCUT2D eigenvalue weighted by atomic mass is 16.5. The number of carboxylic acid groups (broad SMARTS) is 1. The zero-order valence-electron chi connectivity index (χ0n) is 15.7. The number of nitrogens with zero attached hydrogens (tertiary/aromatic N) is 1. The maximum Gasteiger partial charge on any atom is 0.309 e. The molecule has 1 aromatic carbocycles. The summed E-state index contributed by atoms with van der Waals surface area (Å²) in [5.74, 6) is -0.723. The van der Waals surface area contributed by atoms with Crippen LogP contribution in [0.1, 0.15) is 45.1 Å². The van der Waals surface area contributed by atoms with Crippen LogP contribution >= 0.6 is 0 Å². The molecule has 1 aromatic rings. The summed E-state index contributed by atoms with van der Waals surface area (Å²) < 4.78 is 5.72. The molecule has 0 saturated carbocycles. The fourth-order valence-corrected chi connectivity index (χ4v) is 4.30. The number of aliphatic carboxylic acids is 1. The monoisotopic (exact) mass is 359 g/mol. The Morgan fingerprint density at radius 1 is 1.15 bits per heavy atom. The van der Waals surface area contributed by atoms with Crippen molar-refractivity contribution in [3.63, 3.8) is 0 Å². The fraction of sp³-hybridized carbons (Fsp3) is 0.619. The van der Waals surface area contributed by atoms with E-state index in [2.05, 4.69) is 26.0 Å². The zero-order valence-corrected chi connectivity index (χ0v) is 15.7. The lowest BCUT2D eigenvalue weighted by Crippen LogP contribution is -2.44. The molecule has 2 atom stereocenters. The average molecular weight is 359 g/mol. The summed E-state index contributed by atoms with van der Waals surface area (Å²) in [6.45, 7) is 6.14. The van der Waals surface area contributed by atoms with Gasteiger partial charge in [-0.05, 0) is 36.2 Å². The first-order chi connectivity index (χ1) is 12.4. The smallest absolute Gasteiger partial charge is 0.309 e. The molecule has 1 amide bonds. The SMILES string of the molecule is CC(C)(CC(=O)N1CCC([C@@H]2OCCC2C(=O)O)CC1)c1ccccc1. The number of rotatable bonds is 5. The van der Waals surface area contributed by atoms with Gasteiger partial charge < -0.3 is 14.7 Å². The molecule has 0 aromatic heterocycles. The van der Waals surface area contributed by atoms with E-state index < -0.39 is 5.97 Å². The highest BCUT2D eigenvalue weighted by Crippen LogP contribution is 2.34. The second-order valence-electron chi connectivity index (χ2n) is 8.21. The molecule has 5 nitrogen and oxygen atoms in total. The van der Waals surface area contributed by atoms with Crippen LogP contribution in [0.2, 0.25) is 0 Å². The molecule has 2 heterocycles. The van der Waals surface area contributed by atoms with Crippen molar-refractivity contribution in [3.8, 4) is 0 Å². The number of carboxylic acids is 1. The minimum atomic E-state index is -0.754. The molecule has 2 saturated heterocycles. The lowest BCUT2D eigenvalue weighted by molar-refractivity contribution is -0.146. The van der Waals surface area contributed by atoms with Crippen molar-refractivity contribution in [1.29, 1.82) is 0 Å². The number of hydrogen-bond acceptors (Lipinski definition) is 3. The van der Waals surface area contributed by atoms with Gasteiger partial charge in [0.2, 0.25) is 5.91 Å². The molecule has 5 heteroatoms. The van der Waals surface area contributed by atoms with Crippen molar-refractivity contribution in [2.45, 2.75) is 51.0 Å². The standard InChI is InChI=1S/C21H29NO4/c1-21(2,16-6-4-3-5-7-16)14-18(23)22-11-8-15(9-12-22)19-17(20(24)25)10-13-26-19/h3-7,15,17,19H,8-14H2,1-2H3,(H,24,25)/t17?,19-/m0/s1. The van der Waals surface area contributed by atoms with Gasteiger partial charge in [0, 0.05) is 26.1 Å². The number of piperidine rings is 1. The number of carbonyl (C=O) groups is 2. The number of amides is 1. The summed E-state index contributed by atoms with van der Waals surface area (Å²) in [4.78, 5) is 26.1. The van der Waals surface area contributed by atoms with Crippen molar-refractivity contribution in [2.75, 3.05) is 19.7 Å². The number of hydrogen-bond donors (Lipinski definition) is 1. The summed E-state index contributed by atoms with van der Waals surface area (Å²) in [7, 11) is 0. The third kappa shape index (κ3) is 4.09. The van der Waals surface area contributed by atoms with E-state index in [9.17, 15) is 14.7 Å². The van der Waals surface area contributed by atoms with E-state index in [-0.39, 0.29) is 29.3 Å². The van der Waals surface area contributed by atoms with Gasteiger partial charge in [-0.25, -0.2) is 0 Å². The maximum atomic E-state index is 12.8. The van der Waals surface area contributed by atoms with Gasteiger partial charge in [-0.2, -0.15) is 0 Å². The van der Waals surface area contributed by atoms with E-state index in [1.807, 2.05) is 23.1 Å². The number of benzene rings is 1. The molecule has 0 radical (unpaired) electrons. The number of ether oxygens (including phenoxy) is 1. The van der Waals surface area contributed by atoms with E-state index >= 15 is 0 Å². The van der Waals surface area contributed by atoms with Gasteiger partial charge in [0.15, 0.2) is 0 Å². The molecule has 142 valence electrons. The zero-order chi connectivity index (χ0) is 18.7. The van der Waals surface area contributed by atoms with Crippen LogP contribution in [0.25, 0.3) is 0 Å². The van der Waals surface area contributed by atoms with E-state index in [1.165, 1.54) is 5.56 Å². The molecule has 3 rings (SSSR count). The van der Waals surface area contributed by atoms with Gasteiger partial charge in [-0.15, -0.1) is 0 Å². The Hall–Kier alpha value is -1.88. The van der Waals surface area contributed by atoms with Gasteiger partial charge in [0.25, 0.3) is 0 Å². The molecule has 2 aliphatic heterocycles. The molecule has 2 fully saturated rings. The van der Waals surface area contributed by atoms with Gasteiger partial charge in [-0.1, -0.05) is 44.2 Å². The molecule has 0 aliphatic carbocycles. The second-order valence-corrected chi connectivity index (χ2v) is 8.21. The summed E-state index contributed by atoms with van der Waals surface area (Å²) in [5, 5.41) is 9.35. The highest BCUT2D eigenvalue weighted by molar-refractivity contribution is 5.78. The first kappa shape index (κ1) is 18.9. The molecule has 26 heavy (non-hydrogen) atoms. The van der Waals surface area contributed by atoms with Gasteiger partial charge in [-0.3, -0.25) is 9.59 Å². The van der Waals surface area contributed by atoms with Crippen LogP contribution in [-0.4, -0.2) is 47.7 Å². The Labute approximate surface area is 155 Å². The van der Waals surface area contributed by atoms with Crippen molar-refractivity contribution < 1.29 is 19.4 Å². The molecular formula is C21H29NO4. The predicted octanol–water partition coefficient (Wildman–Crippen LogP) is 3.08. The Morgan fingerprint density at radius 2 is 1.81 bits per heavy atom. The second kappa shape index (κ2) is 7.78. The lowest BCUT2D eigenvalue weighted by atomic mass is 9.80. The summed E-state index contributed by atoms with van der Waals surface area (Å²) in [6.07, 6.45) is 2.55. The number of likely N-dealkylation sites (tertiary alicyclic amines) is 1. The van der Waals surface area contributed by atoms with Crippen molar-refractivity contribution >= 4 is 11.9 Å². The Balaban J connectivity index is 1.55. The predicted molar refractivity (Wildman–Crippen MR) is 98.9 cm³/mol. The van der Waals surface area contributed by atoms with Crippen LogP contribution in [0, 0.1) is 11.8 Å². The van der Waals surface area contributed by atoms with Crippen LogP contribution in [0.3, 0.4) is 0 Å². The third-order valence-corrected chi connectivity index (χ3v) is 5.96. The Morgan fingerprint density at radius 3 is 2.42 bits per heavy atom. The minimum absolute atomic E-state index is 0.180. The van der Waals surface area contributed by atoms with Crippen LogP contribution in [0.5, 0.6) is 0 Å². The van der Waals surface area contributed by atoms with E-state index in [0.717, 1.165) is 12.8 Å². The Bertz CT molecular complexity index is 635. The third-order valence-electron chi connectivity index (χ3n) is 5.96. The van der Waals surface area contributed by atoms with Crippen LogP contribution < -0.4 is 0 Å². The maximum absolute atomic E-state index is 12.8. The van der Waals surface area contributed by atoms with Crippen LogP contribution in [-0.2, 0) is 19.7 Å². The summed E-state index contributed by atoms with van der Waals surface area (Å²) in [6, 6.07) is 10.1. The first-order valence-corrected chi connectivity index (χ1v) is 9.56.